The quantitative estimate of drug-likeness (QED) is 0.844. The molecule has 0 bridgehead atoms. The van der Waals surface area contributed by atoms with Gasteiger partial charge in [-0.05, 0) is 46.8 Å². The van der Waals surface area contributed by atoms with Gasteiger partial charge in [-0.3, -0.25) is 4.79 Å². The maximum absolute atomic E-state index is 13.0. The minimum Gasteiger partial charge on any atom is -0.388 e. The van der Waals surface area contributed by atoms with Gasteiger partial charge in [0.2, 0.25) is 5.91 Å². The second-order valence-corrected chi connectivity index (χ2v) is 8.40. The van der Waals surface area contributed by atoms with Crippen molar-refractivity contribution in [3.05, 3.63) is 18.7 Å². The molecule has 0 radical (unpaired) electrons. The average Bonchev–Trinajstić information content (AvgIpc) is 3.00. The lowest BCUT2D eigenvalue weighted by Crippen LogP contribution is -2.50. The van der Waals surface area contributed by atoms with E-state index in [9.17, 15) is 9.90 Å². The molecule has 146 valence electrons. The monoisotopic (exact) mass is 363 g/mol. The van der Waals surface area contributed by atoms with E-state index in [4.69, 9.17) is 0 Å². The first-order valence-electron chi connectivity index (χ1n) is 9.68. The molecule has 2 aliphatic rings. The lowest BCUT2D eigenvalue weighted by atomic mass is 9.90. The zero-order chi connectivity index (χ0) is 18.7. The fourth-order valence-corrected chi connectivity index (χ4v) is 4.29. The molecule has 2 saturated heterocycles. The first-order chi connectivity index (χ1) is 12.4. The van der Waals surface area contributed by atoms with E-state index in [1.807, 2.05) is 15.7 Å². The summed E-state index contributed by atoms with van der Waals surface area (Å²) < 4.78 is 1.92. The molecule has 0 aliphatic carbocycles. The fourth-order valence-electron chi connectivity index (χ4n) is 4.29. The molecule has 2 fully saturated rings. The van der Waals surface area contributed by atoms with Crippen molar-refractivity contribution in [2.24, 2.45) is 5.92 Å². The van der Waals surface area contributed by atoms with Gasteiger partial charge in [0.1, 0.15) is 0 Å². The highest BCUT2D eigenvalue weighted by molar-refractivity contribution is 5.79. The van der Waals surface area contributed by atoms with Crippen molar-refractivity contribution in [2.75, 3.05) is 47.3 Å². The molecule has 2 atom stereocenters. The molecule has 1 aromatic heterocycles. The summed E-state index contributed by atoms with van der Waals surface area (Å²) in [6, 6.07) is 0.513. The van der Waals surface area contributed by atoms with Gasteiger partial charge in [0.05, 0.1) is 24.4 Å². The maximum Gasteiger partial charge on any atom is 0.226 e. The Bertz CT molecular complexity index is 581. The molecule has 7 nitrogen and oxygen atoms in total. The molecule has 3 heterocycles. The largest absolute Gasteiger partial charge is 0.388 e. The Morgan fingerprint density at radius 2 is 2.00 bits per heavy atom. The van der Waals surface area contributed by atoms with Crippen LogP contribution < -0.4 is 0 Å². The molecule has 2 aliphatic heterocycles. The summed E-state index contributed by atoms with van der Waals surface area (Å²) in [5.74, 6) is 0.339. The minimum atomic E-state index is -0.742. The predicted molar refractivity (Wildman–Crippen MR) is 101 cm³/mol. The average molecular weight is 364 g/mol. The van der Waals surface area contributed by atoms with Crippen LogP contribution in [0.4, 0.5) is 0 Å². The van der Waals surface area contributed by atoms with Gasteiger partial charge in [-0.15, -0.1) is 0 Å². The number of hydrogen-bond acceptors (Lipinski definition) is 5. The van der Waals surface area contributed by atoms with Crippen LogP contribution in [0.15, 0.2) is 18.7 Å². The third-order valence-corrected chi connectivity index (χ3v) is 6.02. The normalized spacial score (nSPS) is 27.5. The van der Waals surface area contributed by atoms with Crippen molar-refractivity contribution in [1.82, 2.24) is 24.3 Å². The summed E-state index contributed by atoms with van der Waals surface area (Å²) in [5, 5.41) is 10.8. The lowest BCUT2D eigenvalue weighted by Gasteiger charge is -2.39. The smallest absolute Gasteiger partial charge is 0.226 e. The summed E-state index contributed by atoms with van der Waals surface area (Å²) in [5.41, 5.74) is -0.742. The van der Waals surface area contributed by atoms with Gasteiger partial charge in [0.15, 0.2) is 0 Å². The lowest BCUT2D eigenvalue weighted by molar-refractivity contribution is -0.140. The Kier molecular flexibility index (Phi) is 5.99. The molecule has 1 aromatic rings. The number of aromatic nitrogens is 2. The number of imidazole rings is 1. The van der Waals surface area contributed by atoms with Crippen LogP contribution in [0.5, 0.6) is 0 Å². The molecule has 1 amide bonds. The van der Waals surface area contributed by atoms with Crippen LogP contribution >= 0.6 is 0 Å². The minimum absolute atomic E-state index is 0.0739. The molecule has 26 heavy (non-hydrogen) atoms. The molecular formula is C19H33N5O2. The number of nitrogens with zero attached hydrogens (tertiary/aromatic N) is 5. The second-order valence-electron chi connectivity index (χ2n) is 8.40. The number of likely N-dealkylation sites (tertiary alicyclic amines) is 2. The molecule has 7 heteroatoms. The molecule has 0 aromatic carbocycles. The fraction of sp³-hybridized carbons (Fsp3) is 0.789. The number of amides is 1. The van der Waals surface area contributed by atoms with E-state index in [-0.39, 0.29) is 11.8 Å². The number of carbonyl (C=O) groups is 1. The topological polar surface area (TPSA) is 64.8 Å². The van der Waals surface area contributed by atoms with Crippen LogP contribution in [0.1, 0.15) is 25.7 Å². The van der Waals surface area contributed by atoms with Crippen molar-refractivity contribution in [1.29, 1.82) is 0 Å². The van der Waals surface area contributed by atoms with Crippen LogP contribution in [-0.2, 0) is 11.3 Å². The summed E-state index contributed by atoms with van der Waals surface area (Å²) in [6.45, 7) is 3.68. The van der Waals surface area contributed by atoms with Gasteiger partial charge < -0.3 is 24.4 Å². The summed E-state index contributed by atoms with van der Waals surface area (Å²) in [7, 11) is 6.35. The number of piperidine rings is 1. The van der Waals surface area contributed by atoms with Crippen LogP contribution in [0.3, 0.4) is 0 Å². The first kappa shape index (κ1) is 19.3. The van der Waals surface area contributed by atoms with Crippen molar-refractivity contribution in [3.8, 4) is 0 Å². The van der Waals surface area contributed by atoms with E-state index in [2.05, 4.69) is 35.9 Å². The van der Waals surface area contributed by atoms with Crippen LogP contribution in [0.2, 0.25) is 0 Å². The highest BCUT2D eigenvalue weighted by Crippen LogP contribution is 2.27. The van der Waals surface area contributed by atoms with Crippen molar-refractivity contribution in [3.63, 3.8) is 0 Å². The maximum atomic E-state index is 13.0. The van der Waals surface area contributed by atoms with E-state index in [0.717, 1.165) is 25.9 Å². The second kappa shape index (κ2) is 8.06. The first-order valence-corrected chi connectivity index (χ1v) is 9.68. The zero-order valence-corrected chi connectivity index (χ0v) is 16.3. The van der Waals surface area contributed by atoms with E-state index in [0.29, 0.717) is 38.5 Å². The Labute approximate surface area is 156 Å². The number of aliphatic hydroxyl groups is 1. The number of carbonyl (C=O) groups excluding carboxylic acids is 1. The highest BCUT2D eigenvalue weighted by Gasteiger charge is 2.37. The van der Waals surface area contributed by atoms with Gasteiger partial charge in [-0.1, -0.05) is 0 Å². The van der Waals surface area contributed by atoms with E-state index >= 15 is 0 Å². The highest BCUT2D eigenvalue weighted by atomic mass is 16.3. The SMILES string of the molecule is CN1C[C@H](C(=O)N2CCC(O)(Cn3ccnc3)CC2)CC[C@H](N(C)C)C1. The Morgan fingerprint density at radius 3 is 2.62 bits per heavy atom. The van der Waals surface area contributed by atoms with Crippen LogP contribution in [0.25, 0.3) is 0 Å². The summed E-state index contributed by atoms with van der Waals surface area (Å²) in [4.78, 5) is 23.6. The van der Waals surface area contributed by atoms with Crippen molar-refractivity contribution in [2.45, 2.75) is 43.9 Å². The number of likely N-dealkylation sites (N-methyl/N-ethyl adjacent to an activating group) is 2. The third kappa shape index (κ3) is 4.64. The van der Waals surface area contributed by atoms with E-state index in [1.165, 1.54) is 0 Å². The zero-order valence-electron chi connectivity index (χ0n) is 16.3. The van der Waals surface area contributed by atoms with Crippen molar-refractivity contribution < 1.29 is 9.90 Å². The predicted octanol–water partition coefficient (Wildman–Crippen LogP) is 0.509. The molecule has 0 spiro atoms. The van der Waals surface area contributed by atoms with Gasteiger partial charge in [0, 0.05) is 44.6 Å². The standard InChI is InChI=1S/C19H33N5O2/c1-21(2)17-5-4-16(12-22(3)13-17)18(25)24-9-6-19(26,7-10-24)14-23-11-8-20-15-23/h8,11,15-17,26H,4-7,9-10,12-14H2,1-3H3/t16-,17+/m1/s1. The van der Waals surface area contributed by atoms with Crippen LogP contribution in [0, 0.1) is 5.92 Å². The Morgan fingerprint density at radius 1 is 1.27 bits per heavy atom. The molecular weight excluding hydrogens is 330 g/mol. The molecule has 0 unspecified atom stereocenters. The van der Waals surface area contributed by atoms with Crippen LogP contribution in [-0.4, -0.2) is 94.2 Å². The molecule has 1 N–H and O–H groups in total. The molecule has 0 saturated carbocycles. The Hall–Kier alpha value is -1.44. The number of rotatable bonds is 4. The van der Waals surface area contributed by atoms with Gasteiger partial charge in [-0.2, -0.15) is 0 Å². The summed E-state index contributed by atoms with van der Waals surface area (Å²) >= 11 is 0. The van der Waals surface area contributed by atoms with Gasteiger partial charge in [-0.25, -0.2) is 4.98 Å². The third-order valence-electron chi connectivity index (χ3n) is 6.02. The Balaban J connectivity index is 1.54. The van der Waals surface area contributed by atoms with E-state index < -0.39 is 5.60 Å². The van der Waals surface area contributed by atoms with Gasteiger partial charge in [0.25, 0.3) is 0 Å². The van der Waals surface area contributed by atoms with Gasteiger partial charge >= 0.3 is 0 Å². The van der Waals surface area contributed by atoms with E-state index in [1.54, 1.807) is 12.5 Å². The van der Waals surface area contributed by atoms with Crippen molar-refractivity contribution >= 4 is 5.91 Å². The molecule has 3 rings (SSSR count). The summed E-state index contributed by atoms with van der Waals surface area (Å²) in [6.07, 6.45) is 8.59. The number of hydrogen-bond donors (Lipinski definition) is 1.